The van der Waals surface area contributed by atoms with Gasteiger partial charge in [0.1, 0.15) is 0 Å². The average molecular weight is 238 g/mol. The molecule has 0 saturated heterocycles. The summed E-state index contributed by atoms with van der Waals surface area (Å²) in [5.41, 5.74) is 7.23. The van der Waals surface area contributed by atoms with E-state index in [0.29, 0.717) is 0 Å². The zero-order chi connectivity index (χ0) is 12.5. The third kappa shape index (κ3) is 6.23. The molecule has 1 heterocycles. The molecule has 0 aliphatic carbocycles. The molecule has 0 aromatic rings. The molecule has 0 amide bonds. The van der Waals surface area contributed by atoms with Crippen molar-refractivity contribution in [2.75, 3.05) is 26.2 Å². The molecule has 2 N–H and O–H groups in total. The number of nitrogens with two attached hydrogens (primary N) is 1. The maximum absolute atomic E-state index is 5.67. The maximum atomic E-state index is 5.67. The van der Waals surface area contributed by atoms with E-state index in [2.05, 4.69) is 24.8 Å². The van der Waals surface area contributed by atoms with E-state index in [9.17, 15) is 0 Å². The average Bonchev–Trinajstić information content (AvgIpc) is 2.32. The normalized spacial score (nSPS) is 19.1. The van der Waals surface area contributed by atoms with Gasteiger partial charge >= 0.3 is 0 Å². The van der Waals surface area contributed by atoms with E-state index in [0.717, 1.165) is 12.5 Å². The molecule has 1 aliphatic rings. The summed E-state index contributed by atoms with van der Waals surface area (Å²) in [5.74, 6) is 0.868. The highest BCUT2D eigenvalue weighted by Gasteiger charge is 2.11. The van der Waals surface area contributed by atoms with Crippen LogP contribution in [0, 0.1) is 5.92 Å². The Morgan fingerprint density at radius 3 is 2.76 bits per heavy atom. The first-order valence-electron chi connectivity index (χ1n) is 7.34. The van der Waals surface area contributed by atoms with Crippen molar-refractivity contribution in [2.24, 2.45) is 11.7 Å². The first-order valence-corrected chi connectivity index (χ1v) is 7.34. The predicted octanol–water partition coefficient (Wildman–Crippen LogP) is 3.18. The van der Waals surface area contributed by atoms with Gasteiger partial charge in [0.15, 0.2) is 0 Å². The van der Waals surface area contributed by atoms with E-state index in [1.54, 1.807) is 5.57 Å². The van der Waals surface area contributed by atoms with Crippen LogP contribution in [0.25, 0.3) is 0 Å². The molecule has 0 fully saturated rings. The predicted molar refractivity (Wildman–Crippen MR) is 76.1 cm³/mol. The lowest BCUT2D eigenvalue weighted by Crippen LogP contribution is -2.29. The van der Waals surface area contributed by atoms with Gasteiger partial charge in [-0.1, -0.05) is 31.4 Å². The molecular weight excluding hydrogens is 208 g/mol. The highest BCUT2D eigenvalue weighted by molar-refractivity contribution is 5.03. The second kappa shape index (κ2) is 8.71. The Kier molecular flexibility index (Phi) is 7.54. The van der Waals surface area contributed by atoms with Crippen LogP contribution in [0.1, 0.15) is 52.4 Å². The lowest BCUT2D eigenvalue weighted by atomic mass is 9.94. The number of hydrogen-bond donors (Lipinski definition) is 1. The molecule has 17 heavy (non-hydrogen) atoms. The molecule has 0 aromatic carbocycles. The largest absolute Gasteiger partial charge is 0.330 e. The van der Waals surface area contributed by atoms with Gasteiger partial charge in [-0.25, -0.2) is 0 Å². The molecule has 0 radical (unpaired) electrons. The van der Waals surface area contributed by atoms with Gasteiger partial charge in [-0.2, -0.15) is 0 Å². The molecule has 2 nitrogen and oxygen atoms in total. The summed E-state index contributed by atoms with van der Waals surface area (Å²) in [6.07, 6.45) is 10.2. The van der Waals surface area contributed by atoms with Crippen LogP contribution in [0.5, 0.6) is 0 Å². The monoisotopic (exact) mass is 238 g/mol. The van der Waals surface area contributed by atoms with E-state index >= 15 is 0 Å². The third-order valence-corrected chi connectivity index (χ3v) is 3.88. The van der Waals surface area contributed by atoms with Gasteiger partial charge in [0, 0.05) is 13.1 Å². The van der Waals surface area contributed by atoms with Crippen LogP contribution in [0.15, 0.2) is 11.6 Å². The van der Waals surface area contributed by atoms with E-state index in [1.165, 1.54) is 58.2 Å². The molecule has 2 heteroatoms. The minimum atomic E-state index is 0.857. The Bertz CT molecular complexity index is 217. The summed E-state index contributed by atoms with van der Waals surface area (Å²) in [6, 6.07) is 0. The molecule has 1 atom stereocenters. The Hall–Kier alpha value is -0.340. The van der Waals surface area contributed by atoms with Crippen LogP contribution in [0.2, 0.25) is 0 Å². The van der Waals surface area contributed by atoms with E-state index in [-0.39, 0.29) is 0 Å². The topological polar surface area (TPSA) is 29.3 Å². The summed E-state index contributed by atoms with van der Waals surface area (Å²) in [6.45, 7) is 9.08. The number of hydrogen-bond acceptors (Lipinski definition) is 2. The Morgan fingerprint density at radius 1 is 1.35 bits per heavy atom. The van der Waals surface area contributed by atoms with Crippen molar-refractivity contribution in [3.05, 3.63) is 11.6 Å². The number of nitrogens with zero attached hydrogens (tertiary/aromatic N) is 1. The van der Waals surface area contributed by atoms with Crippen molar-refractivity contribution < 1.29 is 0 Å². The zero-order valence-electron chi connectivity index (χ0n) is 11.8. The van der Waals surface area contributed by atoms with Gasteiger partial charge in [0.25, 0.3) is 0 Å². The summed E-state index contributed by atoms with van der Waals surface area (Å²) in [4.78, 5) is 2.58. The van der Waals surface area contributed by atoms with Crippen LogP contribution in [-0.4, -0.2) is 31.1 Å². The summed E-state index contributed by atoms with van der Waals surface area (Å²) < 4.78 is 0. The lowest BCUT2D eigenvalue weighted by Gasteiger charge is -2.26. The van der Waals surface area contributed by atoms with Crippen molar-refractivity contribution in [1.29, 1.82) is 0 Å². The molecular formula is C15H30N2. The summed E-state index contributed by atoms with van der Waals surface area (Å²) in [7, 11) is 0. The van der Waals surface area contributed by atoms with E-state index in [1.807, 2.05) is 0 Å². The fourth-order valence-electron chi connectivity index (χ4n) is 2.70. The van der Waals surface area contributed by atoms with Crippen LogP contribution in [0.4, 0.5) is 0 Å². The Labute approximate surface area is 107 Å². The fraction of sp³-hybridized carbons (Fsp3) is 0.867. The first-order chi connectivity index (χ1) is 8.26. The SMILES string of the molecule is CCCC(CCN)CCCN1CC=C(C)CC1. The minimum Gasteiger partial charge on any atom is -0.330 e. The van der Waals surface area contributed by atoms with E-state index < -0.39 is 0 Å². The second-order valence-electron chi connectivity index (χ2n) is 5.48. The van der Waals surface area contributed by atoms with Gasteiger partial charge in [0.2, 0.25) is 0 Å². The van der Waals surface area contributed by atoms with E-state index in [4.69, 9.17) is 5.73 Å². The lowest BCUT2D eigenvalue weighted by molar-refractivity contribution is 0.273. The first kappa shape index (κ1) is 14.7. The van der Waals surface area contributed by atoms with Crippen LogP contribution < -0.4 is 5.73 Å². The molecule has 1 unspecified atom stereocenters. The van der Waals surface area contributed by atoms with Crippen LogP contribution in [0.3, 0.4) is 0 Å². The maximum Gasteiger partial charge on any atom is 0.0165 e. The fourth-order valence-corrected chi connectivity index (χ4v) is 2.70. The van der Waals surface area contributed by atoms with Crippen molar-refractivity contribution >= 4 is 0 Å². The van der Waals surface area contributed by atoms with Gasteiger partial charge in [0.05, 0.1) is 0 Å². The van der Waals surface area contributed by atoms with Crippen molar-refractivity contribution in [3.8, 4) is 0 Å². The quantitative estimate of drug-likeness (QED) is 0.658. The smallest absolute Gasteiger partial charge is 0.0165 e. The van der Waals surface area contributed by atoms with Crippen LogP contribution in [-0.2, 0) is 0 Å². The molecule has 0 saturated carbocycles. The second-order valence-corrected chi connectivity index (χ2v) is 5.48. The van der Waals surface area contributed by atoms with Gasteiger partial charge in [-0.3, -0.25) is 4.90 Å². The minimum absolute atomic E-state index is 0.857. The summed E-state index contributed by atoms with van der Waals surface area (Å²) >= 11 is 0. The number of rotatable bonds is 8. The summed E-state index contributed by atoms with van der Waals surface area (Å²) in [5, 5.41) is 0. The Morgan fingerprint density at radius 2 is 2.18 bits per heavy atom. The third-order valence-electron chi connectivity index (χ3n) is 3.88. The molecule has 1 aliphatic heterocycles. The van der Waals surface area contributed by atoms with Crippen molar-refractivity contribution in [3.63, 3.8) is 0 Å². The van der Waals surface area contributed by atoms with Gasteiger partial charge in [-0.05, 0) is 51.6 Å². The highest BCUT2D eigenvalue weighted by Crippen LogP contribution is 2.18. The molecule has 0 aromatic heterocycles. The van der Waals surface area contributed by atoms with Crippen molar-refractivity contribution in [1.82, 2.24) is 4.90 Å². The van der Waals surface area contributed by atoms with Crippen LogP contribution >= 0.6 is 0 Å². The molecule has 1 rings (SSSR count). The van der Waals surface area contributed by atoms with Crippen molar-refractivity contribution in [2.45, 2.75) is 52.4 Å². The molecule has 0 bridgehead atoms. The standard InChI is InChI=1S/C15H30N2/c1-3-5-15(7-10-16)6-4-11-17-12-8-14(2)9-13-17/h8,15H,3-7,9-13,16H2,1-2H3. The van der Waals surface area contributed by atoms with Gasteiger partial charge < -0.3 is 5.73 Å². The highest BCUT2D eigenvalue weighted by atomic mass is 15.1. The zero-order valence-corrected chi connectivity index (χ0v) is 11.8. The molecule has 0 spiro atoms. The molecule has 100 valence electrons. The Balaban J connectivity index is 2.13. The van der Waals surface area contributed by atoms with Gasteiger partial charge in [-0.15, -0.1) is 0 Å².